The fourth-order valence-electron chi connectivity index (χ4n) is 5.07. The second kappa shape index (κ2) is 7.08. The van der Waals surface area contributed by atoms with Crippen molar-refractivity contribution < 1.29 is 0 Å². The molecule has 7 rings (SSSR count). The number of benzene rings is 6. The number of rotatable bonds is 2. The van der Waals surface area contributed by atoms with E-state index in [-0.39, 0.29) is 0 Å². The Morgan fingerprint density at radius 3 is 1.76 bits per heavy atom. The van der Waals surface area contributed by atoms with Crippen LogP contribution in [-0.2, 0) is 0 Å². The molecule has 0 unspecified atom stereocenters. The van der Waals surface area contributed by atoms with Crippen molar-refractivity contribution in [1.82, 2.24) is 4.98 Å². The van der Waals surface area contributed by atoms with Gasteiger partial charge in [0.25, 0.3) is 0 Å². The van der Waals surface area contributed by atoms with Crippen LogP contribution in [-0.4, -0.2) is 4.98 Å². The SMILES string of the molecule is c1ccc2cc(-c3ccc4[nH]c5c(-c6ccc7ccccc7c6)cccc5c4c3)ccc2c1. The molecule has 33 heavy (non-hydrogen) atoms. The minimum Gasteiger partial charge on any atom is -0.354 e. The van der Waals surface area contributed by atoms with Gasteiger partial charge in [-0.1, -0.05) is 97.1 Å². The molecule has 1 nitrogen and oxygen atoms in total. The zero-order valence-electron chi connectivity index (χ0n) is 18.0. The zero-order valence-corrected chi connectivity index (χ0v) is 18.0. The van der Waals surface area contributed by atoms with E-state index in [1.54, 1.807) is 0 Å². The van der Waals surface area contributed by atoms with Crippen LogP contribution in [0, 0.1) is 0 Å². The average molecular weight is 420 g/mol. The molecule has 0 bridgehead atoms. The molecule has 0 atom stereocenters. The summed E-state index contributed by atoms with van der Waals surface area (Å²) in [4.78, 5) is 3.70. The third-order valence-electron chi connectivity index (χ3n) is 6.78. The molecular weight excluding hydrogens is 398 g/mol. The molecule has 7 aromatic rings. The third-order valence-corrected chi connectivity index (χ3v) is 6.78. The molecular formula is C32H21N. The summed E-state index contributed by atoms with van der Waals surface area (Å²) in [5.74, 6) is 0. The molecule has 0 saturated carbocycles. The molecule has 0 amide bonds. The Morgan fingerprint density at radius 2 is 1.00 bits per heavy atom. The summed E-state index contributed by atoms with van der Waals surface area (Å²) >= 11 is 0. The fourth-order valence-corrected chi connectivity index (χ4v) is 5.07. The monoisotopic (exact) mass is 419 g/mol. The Hall–Kier alpha value is -4.36. The zero-order chi connectivity index (χ0) is 21.8. The van der Waals surface area contributed by atoms with E-state index in [0.717, 1.165) is 0 Å². The third kappa shape index (κ3) is 2.94. The number of para-hydroxylation sites is 1. The molecule has 1 N–H and O–H groups in total. The molecule has 0 aliphatic rings. The molecule has 0 aliphatic carbocycles. The van der Waals surface area contributed by atoms with Gasteiger partial charge in [-0.15, -0.1) is 0 Å². The maximum Gasteiger partial charge on any atom is 0.0544 e. The van der Waals surface area contributed by atoms with E-state index < -0.39 is 0 Å². The van der Waals surface area contributed by atoms with E-state index in [2.05, 4.69) is 126 Å². The number of hydrogen-bond donors (Lipinski definition) is 1. The molecule has 0 saturated heterocycles. The Bertz CT molecular complexity index is 1820. The maximum absolute atomic E-state index is 3.70. The van der Waals surface area contributed by atoms with Gasteiger partial charge in [0.15, 0.2) is 0 Å². The lowest BCUT2D eigenvalue weighted by Gasteiger charge is -2.06. The highest BCUT2D eigenvalue weighted by molar-refractivity contribution is 6.13. The van der Waals surface area contributed by atoms with Crippen LogP contribution < -0.4 is 0 Å². The van der Waals surface area contributed by atoms with Gasteiger partial charge >= 0.3 is 0 Å². The van der Waals surface area contributed by atoms with E-state index in [4.69, 9.17) is 0 Å². The van der Waals surface area contributed by atoms with Crippen LogP contribution in [0.25, 0.3) is 65.6 Å². The van der Waals surface area contributed by atoms with E-state index in [1.165, 1.54) is 65.6 Å². The van der Waals surface area contributed by atoms with Crippen molar-refractivity contribution >= 4 is 43.4 Å². The van der Waals surface area contributed by atoms with Gasteiger partial charge in [0.2, 0.25) is 0 Å². The standard InChI is InChI=1S/C32H21N/c1-3-8-23-18-25(14-12-21(23)6-1)26-16-17-31-30(20-26)29-11-5-10-28(32(29)33-31)27-15-13-22-7-2-4-9-24(22)19-27/h1-20,33H. The summed E-state index contributed by atoms with van der Waals surface area (Å²) in [7, 11) is 0. The number of fused-ring (bicyclic) bond motifs is 5. The van der Waals surface area contributed by atoms with Crippen LogP contribution in [0.1, 0.15) is 0 Å². The van der Waals surface area contributed by atoms with Gasteiger partial charge in [-0.05, 0) is 62.5 Å². The number of aromatic amines is 1. The molecule has 0 aliphatic heterocycles. The van der Waals surface area contributed by atoms with E-state index >= 15 is 0 Å². The second-order valence-corrected chi connectivity index (χ2v) is 8.74. The van der Waals surface area contributed by atoms with Crippen LogP contribution >= 0.6 is 0 Å². The maximum atomic E-state index is 3.70. The van der Waals surface area contributed by atoms with Gasteiger partial charge in [-0.25, -0.2) is 0 Å². The first-order chi connectivity index (χ1) is 16.3. The van der Waals surface area contributed by atoms with Crippen molar-refractivity contribution in [2.45, 2.75) is 0 Å². The number of H-pyrrole nitrogens is 1. The van der Waals surface area contributed by atoms with Crippen molar-refractivity contribution in [1.29, 1.82) is 0 Å². The van der Waals surface area contributed by atoms with Gasteiger partial charge in [-0.2, -0.15) is 0 Å². The molecule has 1 heteroatoms. The average Bonchev–Trinajstić information content (AvgIpc) is 3.26. The molecule has 1 aromatic heterocycles. The minimum absolute atomic E-state index is 1.17. The minimum atomic E-state index is 1.17. The van der Waals surface area contributed by atoms with Crippen molar-refractivity contribution in [3.63, 3.8) is 0 Å². The highest BCUT2D eigenvalue weighted by Gasteiger charge is 2.11. The highest BCUT2D eigenvalue weighted by Crippen LogP contribution is 2.36. The second-order valence-electron chi connectivity index (χ2n) is 8.74. The lowest BCUT2D eigenvalue weighted by molar-refractivity contribution is 1.54. The van der Waals surface area contributed by atoms with Crippen LogP contribution in [0.2, 0.25) is 0 Å². The summed E-state index contributed by atoms with van der Waals surface area (Å²) in [5.41, 5.74) is 7.32. The molecule has 154 valence electrons. The predicted molar refractivity (Wildman–Crippen MR) is 142 cm³/mol. The van der Waals surface area contributed by atoms with Gasteiger partial charge in [0.05, 0.1) is 5.52 Å². The van der Waals surface area contributed by atoms with Gasteiger partial charge < -0.3 is 4.98 Å². The first-order valence-electron chi connectivity index (χ1n) is 11.4. The van der Waals surface area contributed by atoms with Gasteiger partial charge in [0.1, 0.15) is 0 Å². The Labute approximate surface area is 191 Å². The van der Waals surface area contributed by atoms with Gasteiger partial charge in [-0.3, -0.25) is 0 Å². The van der Waals surface area contributed by atoms with E-state index in [1.807, 2.05) is 0 Å². The smallest absolute Gasteiger partial charge is 0.0544 e. The molecule has 0 spiro atoms. The van der Waals surface area contributed by atoms with Crippen LogP contribution in [0.5, 0.6) is 0 Å². The lowest BCUT2D eigenvalue weighted by Crippen LogP contribution is -1.81. The molecule has 0 radical (unpaired) electrons. The Kier molecular flexibility index (Phi) is 3.91. The molecule has 0 fully saturated rings. The Balaban J connectivity index is 1.41. The first-order valence-corrected chi connectivity index (χ1v) is 11.4. The van der Waals surface area contributed by atoms with Crippen LogP contribution in [0.4, 0.5) is 0 Å². The molecule has 6 aromatic carbocycles. The van der Waals surface area contributed by atoms with Gasteiger partial charge in [0, 0.05) is 21.9 Å². The Morgan fingerprint density at radius 1 is 0.394 bits per heavy atom. The van der Waals surface area contributed by atoms with Crippen molar-refractivity contribution in [3.8, 4) is 22.3 Å². The quantitative estimate of drug-likeness (QED) is 0.288. The largest absolute Gasteiger partial charge is 0.354 e. The summed E-state index contributed by atoms with van der Waals surface area (Å²) < 4.78 is 0. The van der Waals surface area contributed by atoms with Crippen LogP contribution in [0.3, 0.4) is 0 Å². The van der Waals surface area contributed by atoms with Crippen molar-refractivity contribution in [2.75, 3.05) is 0 Å². The number of aromatic nitrogens is 1. The summed E-state index contributed by atoms with van der Waals surface area (Å²) in [6, 6.07) is 43.9. The normalized spacial score (nSPS) is 11.6. The highest BCUT2D eigenvalue weighted by atomic mass is 14.7. The van der Waals surface area contributed by atoms with Crippen LogP contribution in [0.15, 0.2) is 121 Å². The topological polar surface area (TPSA) is 15.8 Å². The van der Waals surface area contributed by atoms with E-state index in [9.17, 15) is 0 Å². The number of hydrogen-bond acceptors (Lipinski definition) is 0. The summed E-state index contributed by atoms with van der Waals surface area (Å²) in [6.07, 6.45) is 0. The fraction of sp³-hybridized carbons (Fsp3) is 0. The predicted octanol–water partition coefficient (Wildman–Crippen LogP) is 8.96. The molecule has 1 heterocycles. The number of nitrogens with one attached hydrogen (secondary N) is 1. The summed E-state index contributed by atoms with van der Waals surface area (Å²) in [5, 5.41) is 7.60. The lowest BCUT2D eigenvalue weighted by atomic mass is 9.97. The van der Waals surface area contributed by atoms with Crippen molar-refractivity contribution in [3.05, 3.63) is 121 Å². The summed E-state index contributed by atoms with van der Waals surface area (Å²) in [6.45, 7) is 0. The first kappa shape index (κ1) is 18.2. The van der Waals surface area contributed by atoms with E-state index in [0.29, 0.717) is 0 Å². The van der Waals surface area contributed by atoms with Crippen molar-refractivity contribution in [2.24, 2.45) is 0 Å².